The van der Waals surface area contributed by atoms with E-state index in [4.69, 9.17) is 9.47 Å². The van der Waals surface area contributed by atoms with Gasteiger partial charge in [0, 0.05) is 91.6 Å². The number of allylic oxidation sites excluding steroid dienone is 1. The van der Waals surface area contributed by atoms with Crippen LogP contribution in [-0.4, -0.2) is 87.2 Å². The van der Waals surface area contributed by atoms with E-state index in [1.165, 1.54) is 65.6 Å². The Bertz CT molecular complexity index is 2630. The molecule has 2 aromatic heterocycles. The van der Waals surface area contributed by atoms with Crippen molar-refractivity contribution in [2.45, 2.75) is 213 Å². The van der Waals surface area contributed by atoms with Crippen LogP contribution in [0.25, 0.3) is 11.0 Å². The second-order valence-electron chi connectivity index (χ2n) is 26.5. The summed E-state index contributed by atoms with van der Waals surface area (Å²) >= 11 is 0. The Kier molecular flexibility index (Phi) is 12.3. The lowest BCUT2D eigenvalue weighted by Crippen LogP contribution is -2.68. The van der Waals surface area contributed by atoms with Crippen LogP contribution in [0.2, 0.25) is 0 Å². The lowest BCUT2D eigenvalue weighted by Gasteiger charge is -2.70. The molecule has 3 aromatic rings. The number of benzene rings is 1. The molecule has 1 aromatic carbocycles. The number of aliphatic hydroxyl groups is 3. The summed E-state index contributed by atoms with van der Waals surface area (Å²) in [5.41, 5.74) is 7.93. The van der Waals surface area contributed by atoms with E-state index in [9.17, 15) is 20.1 Å². The molecule has 0 amide bonds. The van der Waals surface area contributed by atoms with Gasteiger partial charge in [-0.25, -0.2) is 0 Å². The van der Waals surface area contributed by atoms with Gasteiger partial charge in [0.1, 0.15) is 11.9 Å². The van der Waals surface area contributed by atoms with E-state index in [0.717, 1.165) is 67.3 Å². The van der Waals surface area contributed by atoms with Crippen molar-refractivity contribution in [3.8, 4) is 0 Å². The molecule has 10 nitrogen and oxygen atoms in total. The number of carbonyl (C=O) groups is 2. The zero-order chi connectivity index (χ0) is 50.3. The van der Waals surface area contributed by atoms with Gasteiger partial charge in [0.05, 0.1) is 34.4 Å². The molecule has 0 radical (unpaired) electrons. The monoisotopic (exact) mass is 974 g/mol. The van der Waals surface area contributed by atoms with Crippen molar-refractivity contribution in [1.29, 1.82) is 0 Å². The molecule has 5 N–H and O–H groups in total. The van der Waals surface area contributed by atoms with Gasteiger partial charge in [-0.2, -0.15) is 0 Å². The van der Waals surface area contributed by atoms with Gasteiger partial charge < -0.3 is 39.7 Å². The Morgan fingerprint density at radius 2 is 1.66 bits per heavy atom. The molecule has 2 saturated heterocycles. The Morgan fingerprint density at radius 1 is 0.930 bits per heavy atom. The highest BCUT2D eigenvalue weighted by Crippen LogP contribution is 2.76. The van der Waals surface area contributed by atoms with E-state index in [1.807, 2.05) is 20.9 Å². The molecule has 0 bridgehead atoms. The Labute approximate surface area is 423 Å². The molecule has 11 atom stereocenters. The van der Waals surface area contributed by atoms with Crippen LogP contribution in [0.5, 0.6) is 0 Å². The number of fused-ring (bicyclic) bond motifs is 4. The smallest absolute Gasteiger partial charge is 0.160 e. The number of H-pyrrole nitrogens is 1. The predicted octanol–water partition coefficient (Wildman–Crippen LogP) is 10.3. The summed E-state index contributed by atoms with van der Waals surface area (Å²) in [6.07, 6.45) is 15.2. The number of epoxide rings is 1. The Morgan fingerprint density at radius 3 is 2.35 bits per heavy atom. The normalized spacial score (nSPS) is 38.2. The minimum absolute atomic E-state index is 0.116. The lowest BCUT2D eigenvalue weighted by molar-refractivity contribution is -0.222. The number of aromatic nitrogens is 2. The summed E-state index contributed by atoms with van der Waals surface area (Å²) in [6.45, 7) is 20.5. The van der Waals surface area contributed by atoms with Gasteiger partial charge in [0.15, 0.2) is 5.78 Å². The summed E-state index contributed by atoms with van der Waals surface area (Å²) in [5, 5.41) is 41.7. The first kappa shape index (κ1) is 50.1. The second-order valence-corrected chi connectivity index (χ2v) is 26.5. The maximum Gasteiger partial charge on any atom is 0.160 e. The van der Waals surface area contributed by atoms with E-state index in [2.05, 4.69) is 80.8 Å². The molecule has 11 rings (SSSR count). The first-order chi connectivity index (χ1) is 33.7. The Hall–Kier alpha value is -3.12. The predicted molar refractivity (Wildman–Crippen MR) is 278 cm³/mol. The van der Waals surface area contributed by atoms with Gasteiger partial charge in [-0.1, -0.05) is 79.0 Å². The summed E-state index contributed by atoms with van der Waals surface area (Å²) in [7, 11) is 1.97. The molecule has 5 heterocycles. The SMILES string of the molecule is CCc1c(Cc2cc(C3CCCCC3)cc(C3(O)CCOCC3)c2)c2[nH]cc3c2n1CC1C2=C(C(=O)CC2(C)C2(C)CCC4C(C)(CCNC)C(=O)CCC4(C)C2C1O)C(C)(CC(O)C1OC1(C)C)CC3. The average Bonchev–Trinajstić information content (AvgIpc) is 3.55. The summed E-state index contributed by atoms with van der Waals surface area (Å²) in [6, 6.07) is 7.06. The number of aryl methyl sites for hydroxylation is 1. The number of ketones is 2. The molecular formula is C61H87N3O7. The van der Waals surface area contributed by atoms with Crippen LogP contribution >= 0.6 is 0 Å². The van der Waals surface area contributed by atoms with E-state index in [1.54, 1.807) is 0 Å². The molecule has 11 unspecified atom stereocenters. The van der Waals surface area contributed by atoms with Crippen LogP contribution in [-0.2, 0) is 50.5 Å². The third kappa shape index (κ3) is 7.57. The molecular weight excluding hydrogens is 887 g/mol. The van der Waals surface area contributed by atoms with Crippen LogP contribution < -0.4 is 5.32 Å². The molecule has 8 aliphatic rings. The van der Waals surface area contributed by atoms with Gasteiger partial charge >= 0.3 is 0 Å². The Balaban J connectivity index is 1.08. The molecule has 10 heteroatoms. The molecule has 3 aliphatic heterocycles. The number of aromatic amines is 1. The fourth-order valence-electron chi connectivity index (χ4n) is 18.2. The molecule has 6 fully saturated rings. The van der Waals surface area contributed by atoms with Crippen molar-refractivity contribution in [1.82, 2.24) is 14.9 Å². The number of nitrogens with one attached hydrogen (secondary N) is 2. The first-order valence-corrected chi connectivity index (χ1v) is 28.3. The van der Waals surface area contributed by atoms with Crippen molar-refractivity contribution in [3.63, 3.8) is 0 Å². The highest BCUT2D eigenvalue weighted by Gasteiger charge is 2.73. The standard InChI is InChI=1S/C61H87N3O7/c1-10-43-41(30-36-28-39(37-14-12-11-13-15-37)31-40(29-36)61(69)23-26-70-27-24-61)50-51-38(34-63-50)16-19-56(4,32-45(66)54-55(2,3)71-54)49-44(65)33-60(8)48(49)42(35-64(43)51)52(68)53-58(6)20-18-47(67)57(5,22-25-62-9)46(58)17-21-59(53,60)7/h28-29,31,34,37,42,45-46,52-54,62-63,66,68-69H,10-27,30,32-33,35H2,1-9H3. The number of hydrogen-bond donors (Lipinski definition) is 5. The van der Waals surface area contributed by atoms with Crippen LogP contribution in [0.15, 0.2) is 35.5 Å². The first-order valence-electron chi connectivity index (χ1n) is 28.3. The topological polar surface area (TPSA) is 149 Å². The van der Waals surface area contributed by atoms with Gasteiger partial charge in [0.25, 0.3) is 0 Å². The van der Waals surface area contributed by atoms with Gasteiger partial charge in [-0.05, 0) is 153 Å². The summed E-state index contributed by atoms with van der Waals surface area (Å²) in [4.78, 5) is 33.6. The number of nitrogens with zero attached hydrogens (tertiary/aromatic N) is 1. The summed E-state index contributed by atoms with van der Waals surface area (Å²) < 4.78 is 14.4. The lowest BCUT2D eigenvalue weighted by atomic mass is 9.34. The second kappa shape index (κ2) is 17.5. The average molecular weight is 974 g/mol. The maximum atomic E-state index is 15.6. The highest BCUT2D eigenvalue weighted by atomic mass is 16.6. The molecule has 5 aliphatic carbocycles. The van der Waals surface area contributed by atoms with Crippen LogP contribution in [0, 0.1) is 44.8 Å². The number of ether oxygens (including phenoxy) is 2. The molecule has 4 saturated carbocycles. The van der Waals surface area contributed by atoms with Crippen LogP contribution in [0.4, 0.5) is 0 Å². The van der Waals surface area contributed by atoms with E-state index in [-0.39, 0.29) is 35.1 Å². The molecule has 388 valence electrons. The number of Topliss-reactive ketones (excluding diaryl/α,β-unsaturated/α-hetero) is 2. The number of aliphatic hydroxyl groups excluding tert-OH is 2. The third-order valence-corrected chi connectivity index (χ3v) is 22.2. The third-order valence-electron chi connectivity index (χ3n) is 22.2. The van der Waals surface area contributed by atoms with Crippen molar-refractivity contribution in [2.75, 3.05) is 26.8 Å². The van der Waals surface area contributed by atoms with Gasteiger partial charge in [-0.3, -0.25) is 9.59 Å². The molecule has 71 heavy (non-hydrogen) atoms. The van der Waals surface area contributed by atoms with E-state index >= 15 is 4.79 Å². The van der Waals surface area contributed by atoms with Crippen LogP contribution in [0.3, 0.4) is 0 Å². The van der Waals surface area contributed by atoms with E-state index < -0.39 is 45.1 Å². The summed E-state index contributed by atoms with van der Waals surface area (Å²) in [5.74, 6) is 0.643. The fraction of sp³-hybridized carbons (Fsp3) is 0.738. The van der Waals surface area contributed by atoms with Gasteiger partial charge in [0.2, 0.25) is 0 Å². The zero-order valence-electron chi connectivity index (χ0n) is 44.8. The minimum atomic E-state index is -0.921. The van der Waals surface area contributed by atoms with Crippen molar-refractivity contribution < 1.29 is 34.4 Å². The van der Waals surface area contributed by atoms with Gasteiger partial charge in [-0.15, -0.1) is 0 Å². The number of rotatable bonds is 11. The molecule has 0 spiro atoms. The van der Waals surface area contributed by atoms with Crippen molar-refractivity contribution in [3.05, 3.63) is 69.1 Å². The quantitative estimate of drug-likeness (QED) is 0.119. The number of hydrogen-bond acceptors (Lipinski definition) is 8. The van der Waals surface area contributed by atoms with Crippen molar-refractivity contribution >= 4 is 22.6 Å². The number of carbonyl (C=O) groups excluding carboxylic acids is 2. The van der Waals surface area contributed by atoms with E-state index in [0.29, 0.717) is 76.4 Å². The van der Waals surface area contributed by atoms with Crippen LogP contribution in [0.1, 0.15) is 191 Å². The maximum absolute atomic E-state index is 15.6. The minimum Gasteiger partial charge on any atom is -0.392 e. The highest BCUT2D eigenvalue weighted by molar-refractivity contribution is 6.02. The zero-order valence-corrected chi connectivity index (χ0v) is 44.8. The fourth-order valence-corrected chi connectivity index (χ4v) is 18.2. The largest absolute Gasteiger partial charge is 0.392 e. The van der Waals surface area contributed by atoms with Crippen molar-refractivity contribution in [2.24, 2.45) is 44.8 Å².